The van der Waals surface area contributed by atoms with Crippen LogP contribution >= 0.6 is 11.6 Å². The third-order valence-corrected chi connectivity index (χ3v) is 3.62. The molecule has 0 aliphatic carbocycles. The van der Waals surface area contributed by atoms with Crippen molar-refractivity contribution in [3.05, 3.63) is 64.7 Å². The molecule has 2 rings (SSSR count). The predicted molar refractivity (Wildman–Crippen MR) is 100 cm³/mol. The fraction of sp³-hybridized carbons (Fsp3) is 0.300. The quantitative estimate of drug-likeness (QED) is 0.712. The van der Waals surface area contributed by atoms with Crippen molar-refractivity contribution in [2.45, 2.75) is 20.4 Å². The molecule has 0 heterocycles. The lowest BCUT2D eigenvalue weighted by Gasteiger charge is -2.09. The first-order valence-corrected chi connectivity index (χ1v) is 8.73. The molecule has 0 radical (unpaired) electrons. The molecule has 5 nitrogen and oxygen atoms in total. The second kappa shape index (κ2) is 9.82. The molecule has 1 N–H and O–H groups in total. The van der Waals surface area contributed by atoms with Crippen LogP contribution in [0.15, 0.2) is 48.5 Å². The van der Waals surface area contributed by atoms with Crippen LogP contribution in [-0.4, -0.2) is 25.1 Å². The van der Waals surface area contributed by atoms with E-state index in [2.05, 4.69) is 19.2 Å². The van der Waals surface area contributed by atoms with Crippen LogP contribution in [0.1, 0.15) is 29.8 Å². The van der Waals surface area contributed by atoms with Crippen molar-refractivity contribution in [3.63, 3.8) is 0 Å². The van der Waals surface area contributed by atoms with Crippen LogP contribution in [0.5, 0.6) is 5.75 Å². The maximum Gasteiger partial charge on any atom is 0.338 e. The Balaban J connectivity index is 1.76. The predicted octanol–water partition coefficient (Wildman–Crippen LogP) is 3.85. The van der Waals surface area contributed by atoms with E-state index in [1.165, 1.54) is 0 Å². The lowest BCUT2D eigenvalue weighted by molar-refractivity contribution is -0.124. The molecule has 0 saturated heterocycles. The molecule has 0 aromatic heterocycles. The Hall–Kier alpha value is -2.53. The summed E-state index contributed by atoms with van der Waals surface area (Å²) >= 11 is 5.89. The van der Waals surface area contributed by atoms with Crippen molar-refractivity contribution in [2.75, 3.05) is 13.2 Å². The van der Waals surface area contributed by atoms with Crippen LogP contribution in [0.3, 0.4) is 0 Å². The molecule has 0 atom stereocenters. The Kier molecular flexibility index (Phi) is 7.48. The minimum Gasteiger partial charge on any atom is -0.493 e. The van der Waals surface area contributed by atoms with Gasteiger partial charge in [0.05, 0.1) is 12.2 Å². The Morgan fingerprint density at radius 2 is 1.85 bits per heavy atom. The summed E-state index contributed by atoms with van der Waals surface area (Å²) in [7, 11) is 0. The Bertz CT molecular complexity index is 744. The zero-order valence-electron chi connectivity index (χ0n) is 14.8. The maximum absolute atomic E-state index is 12.0. The van der Waals surface area contributed by atoms with E-state index >= 15 is 0 Å². The molecule has 6 heteroatoms. The first kappa shape index (κ1) is 19.8. The van der Waals surface area contributed by atoms with Crippen LogP contribution in [0.25, 0.3) is 0 Å². The second-order valence-electron chi connectivity index (χ2n) is 6.21. The summed E-state index contributed by atoms with van der Waals surface area (Å²) in [6, 6.07) is 13.8. The molecule has 1 amide bonds. The van der Waals surface area contributed by atoms with Crippen molar-refractivity contribution >= 4 is 23.5 Å². The van der Waals surface area contributed by atoms with E-state index in [0.29, 0.717) is 35.4 Å². The van der Waals surface area contributed by atoms with Gasteiger partial charge in [-0.05, 0) is 47.9 Å². The van der Waals surface area contributed by atoms with Crippen molar-refractivity contribution < 1.29 is 19.1 Å². The first-order valence-electron chi connectivity index (χ1n) is 8.35. The van der Waals surface area contributed by atoms with Gasteiger partial charge in [-0.1, -0.05) is 37.6 Å². The molecular formula is C20H22ClNO4. The van der Waals surface area contributed by atoms with E-state index in [9.17, 15) is 9.59 Å². The van der Waals surface area contributed by atoms with E-state index in [4.69, 9.17) is 21.1 Å². The fourth-order valence-electron chi connectivity index (χ4n) is 2.06. The summed E-state index contributed by atoms with van der Waals surface area (Å²) in [5.41, 5.74) is 1.23. The molecule has 0 saturated carbocycles. The van der Waals surface area contributed by atoms with Crippen molar-refractivity contribution in [3.8, 4) is 5.75 Å². The van der Waals surface area contributed by atoms with E-state index < -0.39 is 5.97 Å². The fourth-order valence-corrected chi connectivity index (χ4v) is 2.28. The molecule has 0 fully saturated rings. The average Bonchev–Trinajstić information content (AvgIpc) is 2.63. The van der Waals surface area contributed by atoms with Crippen LogP contribution in [0.2, 0.25) is 5.02 Å². The van der Waals surface area contributed by atoms with Crippen LogP contribution in [0.4, 0.5) is 0 Å². The molecule has 138 valence electrons. The number of carbonyl (C=O) groups excluding carboxylic acids is 2. The minimum absolute atomic E-state index is 0.318. The largest absolute Gasteiger partial charge is 0.493 e. The number of hydrogen-bond acceptors (Lipinski definition) is 4. The summed E-state index contributed by atoms with van der Waals surface area (Å²) < 4.78 is 10.6. The Morgan fingerprint density at radius 3 is 2.50 bits per heavy atom. The highest BCUT2D eigenvalue weighted by atomic mass is 35.5. The van der Waals surface area contributed by atoms with Gasteiger partial charge in [-0.3, -0.25) is 4.79 Å². The average molecular weight is 376 g/mol. The van der Waals surface area contributed by atoms with Gasteiger partial charge in [0.1, 0.15) is 5.75 Å². The van der Waals surface area contributed by atoms with Gasteiger partial charge in [-0.2, -0.15) is 0 Å². The number of hydrogen-bond donors (Lipinski definition) is 1. The van der Waals surface area contributed by atoms with Gasteiger partial charge in [-0.15, -0.1) is 0 Å². The number of amides is 1. The SMILES string of the molecule is CC(C)COc1ccc(C(=O)OCC(=O)NCc2cccc(Cl)c2)cc1. The molecule has 2 aromatic rings. The number of rotatable bonds is 8. The normalized spacial score (nSPS) is 10.5. The highest BCUT2D eigenvalue weighted by molar-refractivity contribution is 6.30. The highest BCUT2D eigenvalue weighted by Crippen LogP contribution is 2.14. The lowest BCUT2D eigenvalue weighted by atomic mass is 10.2. The summed E-state index contributed by atoms with van der Waals surface area (Å²) in [4.78, 5) is 23.8. The third-order valence-electron chi connectivity index (χ3n) is 3.39. The van der Waals surface area contributed by atoms with Gasteiger partial charge >= 0.3 is 5.97 Å². The van der Waals surface area contributed by atoms with Crippen LogP contribution < -0.4 is 10.1 Å². The molecule has 0 spiro atoms. The first-order chi connectivity index (χ1) is 12.4. The van der Waals surface area contributed by atoms with Gasteiger partial charge in [0.25, 0.3) is 5.91 Å². The third kappa shape index (κ3) is 6.76. The van der Waals surface area contributed by atoms with Crippen molar-refractivity contribution in [2.24, 2.45) is 5.92 Å². The molecule has 0 aliphatic rings. The molecule has 0 aliphatic heterocycles. The molecule has 0 unspecified atom stereocenters. The number of nitrogens with one attached hydrogen (secondary N) is 1. The van der Waals surface area contributed by atoms with E-state index in [1.807, 2.05) is 6.07 Å². The Labute approximate surface area is 158 Å². The van der Waals surface area contributed by atoms with Crippen LogP contribution in [-0.2, 0) is 16.1 Å². The monoisotopic (exact) mass is 375 g/mol. The smallest absolute Gasteiger partial charge is 0.338 e. The van der Waals surface area contributed by atoms with E-state index in [1.54, 1.807) is 42.5 Å². The zero-order valence-corrected chi connectivity index (χ0v) is 15.6. The van der Waals surface area contributed by atoms with E-state index in [0.717, 1.165) is 5.56 Å². The van der Waals surface area contributed by atoms with Crippen molar-refractivity contribution in [1.29, 1.82) is 0 Å². The number of ether oxygens (including phenoxy) is 2. The topological polar surface area (TPSA) is 64.6 Å². The number of benzene rings is 2. The summed E-state index contributed by atoms with van der Waals surface area (Å²) in [5, 5.41) is 3.28. The van der Waals surface area contributed by atoms with E-state index in [-0.39, 0.29) is 12.5 Å². The van der Waals surface area contributed by atoms with Gasteiger partial charge in [0, 0.05) is 11.6 Å². The van der Waals surface area contributed by atoms with Gasteiger partial charge < -0.3 is 14.8 Å². The molecule has 0 bridgehead atoms. The zero-order chi connectivity index (χ0) is 18.9. The minimum atomic E-state index is -0.557. The molecular weight excluding hydrogens is 354 g/mol. The molecule has 26 heavy (non-hydrogen) atoms. The number of esters is 1. The van der Waals surface area contributed by atoms with Gasteiger partial charge in [0.15, 0.2) is 6.61 Å². The standard InChI is InChI=1S/C20H22ClNO4/c1-14(2)12-25-18-8-6-16(7-9-18)20(24)26-13-19(23)22-11-15-4-3-5-17(21)10-15/h3-10,14H,11-13H2,1-2H3,(H,22,23). The highest BCUT2D eigenvalue weighted by Gasteiger charge is 2.10. The summed E-state index contributed by atoms with van der Waals surface area (Å²) in [6.07, 6.45) is 0. The molecule has 2 aromatic carbocycles. The van der Waals surface area contributed by atoms with Crippen LogP contribution in [0, 0.1) is 5.92 Å². The lowest BCUT2D eigenvalue weighted by Crippen LogP contribution is -2.28. The maximum atomic E-state index is 12.0. The van der Waals surface area contributed by atoms with Crippen molar-refractivity contribution in [1.82, 2.24) is 5.32 Å². The summed E-state index contributed by atoms with van der Waals surface area (Å²) in [6.45, 7) is 4.70. The second-order valence-corrected chi connectivity index (χ2v) is 6.65. The number of halogens is 1. The Morgan fingerprint density at radius 1 is 1.12 bits per heavy atom. The summed E-state index contributed by atoms with van der Waals surface area (Å²) in [5.74, 6) is 0.174. The van der Waals surface area contributed by atoms with Gasteiger partial charge in [-0.25, -0.2) is 4.79 Å². The number of carbonyl (C=O) groups is 2. The van der Waals surface area contributed by atoms with Gasteiger partial charge in [0.2, 0.25) is 0 Å².